The second kappa shape index (κ2) is 3.80. The van der Waals surface area contributed by atoms with Crippen LogP contribution in [0.3, 0.4) is 0 Å². The highest BCUT2D eigenvalue weighted by atomic mass is 79.9. The Bertz CT molecular complexity index is 292. The van der Waals surface area contributed by atoms with Crippen LogP contribution in [0.1, 0.15) is 31.1 Å². The van der Waals surface area contributed by atoms with E-state index in [1.54, 1.807) is 0 Å². The maximum absolute atomic E-state index is 5.68. The molecular formula is C9H13BrN2O. The van der Waals surface area contributed by atoms with Crippen LogP contribution in [-0.4, -0.2) is 16.4 Å². The SMILES string of the molecule is Cn1nc(Br)cc1C1CCCCO1. The second-order valence-corrected chi connectivity index (χ2v) is 4.18. The van der Waals surface area contributed by atoms with Gasteiger partial charge in [0.15, 0.2) is 0 Å². The Labute approximate surface area is 86.2 Å². The average Bonchev–Trinajstić information content (AvgIpc) is 2.47. The third-order valence-corrected chi connectivity index (χ3v) is 2.78. The van der Waals surface area contributed by atoms with Crippen molar-refractivity contribution < 1.29 is 4.74 Å². The zero-order valence-electron chi connectivity index (χ0n) is 7.66. The average molecular weight is 245 g/mol. The first-order chi connectivity index (χ1) is 6.27. The Morgan fingerprint density at radius 2 is 2.46 bits per heavy atom. The Kier molecular flexibility index (Phi) is 2.69. The van der Waals surface area contributed by atoms with Gasteiger partial charge in [-0.1, -0.05) is 0 Å². The molecule has 2 heterocycles. The predicted octanol–water partition coefficient (Wildman–Crippen LogP) is 2.42. The Hall–Kier alpha value is -0.350. The predicted molar refractivity (Wildman–Crippen MR) is 53.5 cm³/mol. The zero-order valence-corrected chi connectivity index (χ0v) is 9.25. The van der Waals surface area contributed by atoms with Gasteiger partial charge in [-0.05, 0) is 41.3 Å². The zero-order chi connectivity index (χ0) is 9.26. The summed E-state index contributed by atoms with van der Waals surface area (Å²) in [5.74, 6) is 0. The lowest BCUT2D eigenvalue weighted by Crippen LogP contribution is -2.14. The first-order valence-electron chi connectivity index (χ1n) is 4.58. The first kappa shape index (κ1) is 9.21. The summed E-state index contributed by atoms with van der Waals surface area (Å²) in [6.45, 7) is 0.882. The summed E-state index contributed by atoms with van der Waals surface area (Å²) in [6, 6.07) is 2.04. The number of hydrogen-bond acceptors (Lipinski definition) is 2. The number of halogens is 1. The molecule has 0 saturated carbocycles. The molecule has 2 rings (SSSR count). The number of ether oxygens (including phenoxy) is 1. The van der Waals surface area contributed by atoms with Gasteiger partial charge in [0.25, 0.3) is 0 Å². The molecule has 0 bridgehead atoms. The van der Waals surface area contributed by atoms with Crippen molar-refractivity contribution >= 4 is 15.9 Å². The van der Waals surface area contributed by atoms with Gasteiger partial charge >= 0.3 is 0 Å². The summed E-state index contributed by atoms with van der Waals surface area (Å²) in [5.41, 5.74) is 1.17. The van der Waals surface area contributed by atoms with E-state index < -0.39 is 0 Å². The van der Waals surface area contributed by atoms with E-state index in [9.17, 15) is 0 Å². The van der Waals surface area contributed by atoms with E-state index in [0.717, 1.165) is 17.6 Å². The third kappa shape index (κ3) is 1.94. The summed E-state index contributed by atoms with van der Waals surface area (Å²) < 4.78 is 8.45. The normalized spacial score (nSPS) is 23.4. The van der Waals surface area contributed by atoms with E-state index >= 15 is 0 Å². The smallest absolute Gasteiger partial charge is 0.128 e. The van der Waals surface area contributed by atoms with Crippen molar-refractivity contribution in [1.82, 2.24) is 9.78 Å². The van der Waals surface area contributed by atoms with E-state index in [-0.39, 0.29) is 6.10 Å². The summed E-state index contributed by atoms with van der Waals surface area (Å²) in [6.07, 6.45) is 3.81. The van der Waals surface area contributed by atoms with Crippen molar-refractivity contribution in [2.75, 3.05) is 6.61 Å². The Balaban J connectivity index is 2.18. The van der Waals surface area contributed by atoms with Crippen LogP contribution in [0.2, 0.25) is 0 Å². The van der Waals surface area contributed by atoms with Crippen LogP contribution < -0.4 is 0 Å². The highest BCUT2D eigenvalue weighted by molar-refractivity contribution is 9.10. The van der Waals surface area contributed by atoms with Crippen LogP contribution in [0, 0.1) is 0 Å². The molecule has 72 valence electrons. The van der Waals surface area contributed by atoms with Gasteiger partial charge in [-0.2, -0.15) is 5.10 Å². The van der Waals surface area contributed by atoms with Gasteiger partial charge in [-0.3, -0.25) is 4.68 Å². The molecule has 1 fully saturated rings. The standard InChI is InChI=1S/C9H13BrN2O/c1-12-7(6-9(10)11-12)8-4-2-3-5-13-8/h6,8H,2-5H2,1H3. The minimum atomic E-state index is 0.248. The molecule has 0 aliphatic carbocycles. The van der Waals surface area contributed by atoms with Crippen molar-refractivity contribution in [2.24, 2.45) is 7.05 Å². The summed E-state index contributed by atoms with van der Waals surface area (Å²) in [5, 5.41) is 4.24. The molecule has 0 amide bonds. The monoisotopic (exact) mass is 244 g/mol. The molecule has 0 N–H and O–H groups in total. The molecule has 1 saturated heterocycles. The van der Waals surface area contributed by atoms with Crippen molar-refractivity contribution in [1.29, 1.82) is 0 Å². The molecule has 1 aromatic rings. The Morgan fingerprint density at radius 1 is 1.62 bits per heavy atom. The molecule has 0 radical (unpaired) electrons. The van der Waals surface area contributed by atoms with E-state index in [2.05, 4.69) is 21.0 Å². The number of aryl methyl sites for hydroxylation is 1. The molecule has 0 aromatic carbocycles. The van der Waals surface area contributed by atoms with Crippen molar-refractivity contribution in [3.8, 4) is 0 Å². The van der Waals surface area contributed by atoms with Crippen LogP contribution in [-0.2, 0) is 11.8 Å². The van der Waals surface area contributed by atoms with Crippen molar-refractivity contribution in [3.05, 3.63) is 16.4 Å². The number of hydrogen-bond donors (Lipinski definition) is 0. The second-order valence-electron chi connectivity index (χ2n) is 3.37. The van der Waals surface area contributed by atoms with Gasteiger partial charge in [0.2, 0.25) is 0 Å². The Morgan fingerprint density at radius 3 is 3.00 bits per heavy atom. The van der Waals surface area contributed by atoms with Crippen LogP contribution in [0.4, 0.5) is 0 Å². The van der Waals surface area contributed by atoms with Crippen LogP contribution in [0.25, 0.3) is 0 Å². The third-order valence-electron chi connectivity index (χ3n) is 2.40. The largest absolute Gasteiger partial charge is 0.372 e. The lowest BCUT2D eigenvalue weighted by Gasteiger charge is -2.22. The van der Waals surface area contributed by atoms with Gasteiger partial charge in [0.05, 0.1) is 11.8 Å². The molecule has 1 atom stereocenters. The topological polar surface area (TPSA) is 27.1 Å². The lowest BCUT2D eigenvalue weighted by molar-refractivity contribution is 0.0101. The number of rotatable bonds is 1. The molecule has 1 aliphatic rings. The van der Waals surface area contributed by atoms with Gasteiger partial charge in [0.1, 0.15) is 4.60 Å². The van der Waals surface area contributed by atoms with Gasteiger partial charge in [0, 0.05) is 13.7 Å². The highest BCUT2D eigenvalue weighted by Gasteiger charge is 2.19. The van der Waals surface area contributed by atoms with Gasteiger partial charge in [-0.15, -0.1) is 0 Å². The minimum Gasteiger partial charge on any atom is -0.372 e. The molecule has 13 heavy (non-hydrogen) atoms. The summed E-state index contributed by atoms with van der Waals surface area (Å²) in [7, 11) is 1.96. The first-order valence-corrected chi connectivity index (χ1v) is 5.38. The van der Waals surface area contributed by atoms with Crippen LogP contribution in [0.5, 0.6) is 0 Å². The highest BCUT2D eigenvalue weighted by Crippen LogP contribution is 2.28. The van der Waals surface area contributed by atoms with Gasteiger partial charge < -0.3 is 4.74 Å². The molecule has 4 heteroatoms. The van der Waals surface area contributed by atoms with E-state index in [1.165, 1.54) is 18.5 Å². The summed E-state index contributed by atoms with van der Waals surface area (Å²) >= 11 is 3.36. The molecule has 1 aliphatic heterocycles. The number of nitrogens with zero attached hydrogens (tertiary/aromatic N) is 2. The molecule has 3 nitrogen and oxygen atoms in total. The van der Waals surface area contributed by atoms with E-state index in [4.69, 9.17) is 4.74 Å². The summed E-state index contributed by atoms with van der Waals surface area (Å²) in [4.78, 5) is 0. The fourth-order valence-electron chi connectivity index (χ4n) is 1.72. The quantitative estimate of drug-likeness (QED) is 0.759. The number of aromatic nitrogens is 2. The van der Waals surface area contributed by atoms with E-state index in [0.29, 0.717) is 0 Å². The van der Waals surface area contributed by atoms with E-state index in [1.807, 2.05) is 17.8 Å². The maximum Gasteiger partial charge on any atom is 0.128 e. The van der Waals surface area contributed by atoms with Gasteiger partial charge in [-0.25, -0.2) is 0 Å². The lowest BCUT2D eigenvalue weighted by atomic mass is 10.1. The molecule has 0 spiro atoms. The fourth-order valence-corrected chi connectivity index (χ4v) is 2.19. The van der Waals surface area contributed by atoms with Crippen molar-refractivity contribution in [3.63, 3.8) is 0 Å². The fraction of sp³-hybridized carbons (Fsp3) is 0.667. The van der Waals surface area contributed by atoms with Crippen LogP contribution >= 0.6 is 15.9 Å². The maximum atomic E-state index is 5.68. The molecule has 1 aromatic heterocycles. The van der Waals surface area contributed by atoms with Crippen LogP contribution in [0.15, 0.2) is 10.7 Å². The van der Waals surface area contributed by atoms with Crippen molar-refractivity contribution in [2.45, 2.75) is 25.4 Å². The molecule has 1 unspecified atom stereocenters. The molecular weight excluding hydrogens is 232 g/mol. The minimum absolute atomic E-state index is 0.248.